The third-order valence-corrected chi connectivity index (χ3v) is 4.47. The van der Waals surface area contributed by atoms with Crippen LogP contribution in [0.5, 0.6) is 5.75 Å². The predicted octanol–water partition coefficient (Wildman–Crippen LogP) is 3.41. The first-order valence-electron chi connectivity index (χ1n) is 5.98. The Morgan fingerprint density at radius 3 is 2.57 bits per heavy atom. The Morgan fingerprint density at radius 1 is 1.29 bits per heavy atom. The van der Waals surface area contributed by atoms with Crippen LogP contribution in [0.15, 0.2) is 12.1 Å². The summed E-state index contributed by atoms with van der Waals surface area (Å²) in [6.07, 6.45) is 0. The highest BCUT2D eigenvalue weighted by molar-refractivity contribution is 7.21. The van der Waals surface area contributed by atoms with Gasteiger partial charge in [0.2, 0.25) is 0 Å². The molecule has 0 radical (unpaired) electrons. The van der Waals surface area contributed by atoms with Crippen molar-refractivity contribution in [1.29, 1.82) is 0 Å². The Kier molecular flexibility index (Phi) is 4.69. The zero-order valence-corrected chi connectivity index (χ0v) is 13.3. The first kappa shape index (κ1) is 15.6. The molecule has 0 spiro atoms. The quantitative estimate of drug-likeness (QED) is 0.805. The van der Waals surface area contributed by atoms with Crippen molar-refractivity contribution < 1.29 is 23.8 Å². The zero-order chi connectivity index (χ0) is 15.6. The molecule has 0 unspecified atom stereocenters. The number of benzene rings is 1. The molecule has 0 saturated carbocycles. The Balaban J connectivity index is 2.52. The molecule has 0 bridgehead atoms. The van der Waals surface area contributed by atoms with E-state index in [0.717, 1.165) is 4.70 Å². The van der Waals surface area contributed by atoms with Crippen LogP contribution in [0.3, 0.4) is 0 Å². The maximum absolute atomic E-state index is 11.7. The molecule has 1 heterocycles. The summed E-state index contributed by atoms with van der Waals surface area (Å²) in [5.74, 6) is -0.321. The second kappa shape index (κ2) is 6.32. The first-order valence-corrected chi connectivity index (χ1v) is 7.18. The van der Waals surface area contributed by atoms with Crippen LogP contribution in [0, 0.1) is 0 Å². The van der Waals surface area contributed by atoms with E-state index in [9.17, 15) is 9.59 Å². The topological polar surface area (TPSA) is 61.8 Å². The van der Waals surface area contributed by atoms with Crippen LogP contribution in [0.25, 0.3) is 10.1 Å². The molecule has 2 rings (SSSR count). The van der Waals surface area contributed by atoms with Crippen molar-refractivity contribution >= 4 is 45.0 Å². The summed E-state index contributed by atoms with van der Waals surface area (Å²) in [6, 6.07) is 3.51. The number of methoxy groups -OCH3 is 2. The number of hydrogen-bond acceptors (Lipinski definition) is 6. The van der Waals surface area contributed by atoms with Gasteiger partial charge in [-0.05, 0) is 12.1 Å². The number of fused-ring (bicyclic) bond motifs is 1. The zero-order valence-electron chi connectivity index (χ0n) is 11.7. The minimum absolute atomic E-state index is 0.0948. The molecule has 112 valence electrons. The summed E-state index contributed by atoms with van der Waals surface area (Å²) in [5.41, 5.74) is 0.703. The van der Waals surface area contributed by atoms with Crippen LogP contribution in [0.1, 0.15) is 22.2 Å². The van der Waals surface area contributed by atoms with E-state index in [0.29, 0.717) is 26.6 Å². The summed E-state index contributed by atoms with van der Waals surface area (Å²) in [5, 5.41) is 1.03. The van der Waals surface area contributed by atoms with Gasteiger partial charge in [-0.15, -0.1) is 11.3 Å². The summed E-state index contributed by atoms with van der Waals surface area (Å²) < 4.78 is 15.8. The molecule has 7 heteroatoms. The SMILES string of the molecule is COC(=O)c1sc2cc(COC(C)=O)c(OC)cc2c1Cl. The number of carbonyl (C=O) groups excluding carboxylic acids is 2. The fourth-order valence-corrected chi connectivity index (χ4v) is 3.30. The Bertz CT molecular complexity index is 707. The number of thiophene rings is 1. The Hall–Kier alpha value is -1.79. The van der Waals surface area contributed by atoms with Crippen molar-refractivity contribution in [1.82, 2.24) is 0 Å². The fraction of sp³-hybridized carbons (Fsp3) is 0.286. The van der Waals surface area contributed by atoms with Gasteiger partial charge in [0.1, 0.15) is 17.2 Å². The van der Waals surface area contributed by atoms with Gasteiger partial charge in [-0.25, -0.2) is 4.79 Å². The van der Waals surface area contributed by atoms with Gasteiger partial charge in [-0.1, -0.05) is 11.6 Å². The Labute approximate surface area is 130 Å². The molecule has 1 aromatic heterocycles. The van der Waals surface area contributed by atoms with E-state index < -0.39 is 5.97 Å². The monoisotopic (exact) mass is 328 g/mol. The maximum atomic E-state index is 11.7. The van der Waals surface area contributed by atoms with Crippen molar-refractivity contribution in [3.63, 3.8) is 0 Å². The molecule has 0 aliphatic rings. The van der Waals surface area contributed by atoms with Crippen LogP contribution in [-0.4, -0.2) is 26.2 Å². The van der Waals surface area contributed by atoms with Gasteiger partial charge in [0.15, 0.2) is 0 Å². The van der Waals surface area contributed by atoms with Crippen molar-refractivity contribution in [2.45, 2.75) is 13.5 Å². The van der Waals surface area contributed by atoms with E-state index in [1.807, 2.05) is 0 Å². The lowest BCUT2D eigenvalue weighted by atomic mass is 10.1. The van der Waals surface area contributed by atoms with E-state index in [4.69, 9.17) is 25.8 Å². The van der Waals surface area contributed by atoms with E-state index in [2.05, 4.69) is 0 Å². The first-order chi connectivity index (χ1) is 9.97. The molecule has 0 saturated heterocycles. The molecular formula is C14H13ClO5S. The number of ether oxygens (including phenoxy) is 3. The van der Waals surface area contributed by atoms with Gasteiger partial charge in [0, 0.05) is 22.6 Å². The number of hydrogen-bond donors (Lipinski definition) is 0. The van der Waals surface area contributed by atoms with Crippen molar-refractivity contribution in [2.75, 3.05) is 14.2 Å². The molecule has 2 aromatic rings. The largest absolute Gasteiger partial charge is 0.496 e. The maximum Gasteiger partial charge on any atom is 0.349 e. The molecule has 0 atom stereocenters. The predicted molar refractivity (Wildman–Crippen MR) is 80.2 cm³/mol. The van der Waals surface area contributed by atoms with Crippen LogP contribution in [0.4, 0.5) is 0 Å². The van der Waals surface area contributed by atoms with Gasteiger partial charge in [0.25, 0.3) is 0 Å². The fourth-order valence-electron chi connectivity index (χ4n) is 1.84. The average Bonchev–Trinajstić information content (AvgIpc) is 2.79. The molecule has 0 aliphatic carbocycles. The highest BCUT2D eigenvalue weighted by atomic mass is 35.5. The van der Waals surface area contributed by atoms with Gasteiger partial charge in [-0.3, -0.25) is 4.79 Å². The molecular weight excluding hydrogens is 316 g/mol. The number of carbonyl (C=O) groups is 2. The van der Waals surface area contributed by atoms with Crippen molar-refractivity contribution in [2.24, 2.45) is 0 Å². The average molecular weight is 329 g/mol. The normalized spacial score (nSPS) is 10.5. The van der Waals surface area contributed by atoms with Gasteiger partial charge >= 0.3 is 11.9 Å². The molecule has 0 fully saturated rings. The summed E-state index contributed by atoms with van der Waals surface area (Å²) in [7, 11) is 2.82. The number of halogens is 1. The highest BCUT2D eigenvalue weighted by Crippen LogP contribution is 2.39. The number of rotatable bonds is 4. The summed E-state index contributed by atoms with van der Waals surface area (Å²) in [6.45, 7) is 1.43. The van der Waals surface area contributed by atoms with E-state index in [-0.39, 0.29) is 12.6 Å². The van der Waals surface area contributed by atoms with Gasteiger partial charge in [0.05, 0.1) is 19.2 Å². The van der Waals surface area contributed by atoms with Gasteiger partial charge < -0.3 is 14.2 Å². The smallest absolute Gasteiger partial charge is 0.349 e. The third kappa shape index (κ3) is 3.11. The molecule has 0 aliphatic heterocycles. The van der Waals surface area contributed by atoms with Crippen molar-refractivity contribution in [3.05, 3.63) is 27.6 Å². The summed E-state index contributed by atoms with van der Waals surface area (Å²) in [4.78, 5) is 22.9. The Morgan fingerprint density at radius 2 is 2.00 bits per heavy atom. The van der Waals surface area contributed by atoms with Crippen LogP contribution < -0.4 is 4.74 Å². The molecule has 0 amide bonds. The minimum atomic E-state index is -0.485. The van der Waals surface area contributed by atoms with E-state index in [1.165, 1.54) is 32.5 Å². The van der Waals surface area contributed by atoms with E-state index >= 15 is 0 Å². The molecule has 0 N–H and O–H groups in total. The minimum Gasteiger partial charge on any atom is -0.496 e. The lowest BCUT2D eigenvalue weighted by molar-refractivity contribution is -0.142. The van der Waals surface area contributed by atoms with Crippen LogP contribution in [0.2, 0.25) is 5.02 Å². The molecule has 1 aromatic carbocycles. The highest BCUT2D eigenvalue weighted by Gasteiger charge is 2.19. The second-order valence-corrected chi connectivity index (χ2v) is 5.61. The van der Waals surface area contributed by atoms with Gasteiger partial charge in [-0.2, -0.15) is 0 Å². The lowest BCUT2D eigenvalue weighted by Gasteiger charge is -2.09. The summed E-state index contributed by atoms with van der Waals surface area (Å²) >= 11 is 7.43. The lowest BCUT2D eigenvalue weighted by Crippen LogP contribution is -2.00. The molecule has 5 nitrogen and oxygen atoms in total. The van der Waals surface area contributed by atoms with Crippen LogP contribution in [-0.2, 0) is 20.9 Å². The van der Waals surface area contributed by atoms with E-state index in [1.54, 1.807) is 12.1 Å². The van der Waals surface area contributed by atoms with Crippen LogP contribution >= 0.6 is 22.9 Å². The second-order valence-electron chi connectivity index (χ2n) is 4.18. The van der Waals surface area contributed by atoms with Crippen molar-refractivity contribution in [3.8, 4) is 5.75 Å². The standard InChI is InChI=1S/C14H13ClO5S/c1-7(16)20-6-8-4-11-9(5-10(8)18-2)12(15)13(21-11)14(17)19-3/h4-5H,6H2,1-3H3. The molecule has 21 heavy (non-hydrogen) atoms. The third-order valence-electron chi connectivity index (χ3n) is 2.83. The number of esters is 2.